The largest absolute Gasteiger partial charge is 0.338 e. The molecule has 0 atom stereocenters. The highest BCUT2D eigenvalue weighted by Gasteiger charge is 2.18. The van der Waals surface area contributed by atoms with Gasteiger partial charge in [-0.3, -0.25) is 4.90 Å². The van der Waals surface area contributed by atoms with E-state index in [1.165, 1.54) is 5.56 Å². The van der Waals surface area contributed by atoms with Crippen LogP contribution in [0.4, 0.5) is 10.5 Å². The Balaban J connectivity index is 2.17. The molecule has 3 nitrogen and oxygen atoms in total. The standard InChI is InChI=1S/C11H13BrN2O/c12-8-9-2-4-10(5-3-9)14-7-1-6-13-11(14)15/h2-5H,1,6-8H2,(H,13,15). The highest BCUT2D eigenvalue weighted by Crippen LogP contribution is 2.18. The first kappa shape index (κ1) is 10.5. The number of nitrogens with one attached hydrogen (secondary N) is 1. The molecule has 15 heavy (non-hydrogen) atoms. The van der Waals surface area contributed by atoms with Crippen molar-refractivity contribution in [2.75, 3.05) is 18.0 Å². The van der Waals surface area contributed by atoms with Gasteiger partial charge in [-0.25, -0.2) is 4.79 Å². The lowest BCUT2D eigenvalue weighted by molar-refractivity contribution is 0.243. The smallest absolute Gasteiger partial charge is 0.321 e. The predicted octanol–water partition coefficient (Wildman–Crippen LogP) is 2.50. The topological polar surface area (TPSA) is 32.3 Å². The van der Waals surface area contributed by atoms with Crippen LogP contribution in [-0.4, -0.2) is 19.1 Å². The Morgan fingerprint density at radius 3 is 2.67 bits per heavy atom. The monoisotopic (exact) mass is 268 g/mol. The van der Waals surface area contributed by atoms with Crippen LogP contribution in [0.15, 0.2) is 24.3 Å². The third kappa shape index (κ3) is 2.31. The van der Waals surface area contributed by atoms with Gasteiger partial charge in [-0.1, -0.05) is 28.1 Å². The molecule has 1 saturated heterocycles. The number of rotatable bonds is 2. The van der Waals surface area contributed by atoms with E-state index in [1.807, 2.05) is 24.3 Å². The Kier molecular flexibility index (Phi) is 3.26. The maximum Gasteiger partial charge on any atom is 0.321 e. The van der Waals surface area contributed by atoms with E-state index in [0.717, 1.165) is 30.5 Å². The molecule has 1 fully saturated rings. The fourth-order valence-corrected chi connectivity index (χ4v) is 2.01. The van der Waals surface area contributed by atoms with E-state index in [4.69, 9.17) is 0 Å². The number of anilines is 1. The molecule has 4 heteroatoms. The van der Waals surface area contributed by atoms with Gasteiger partial charge in [0.25, 0.3) is 0 Å². The first-order valence-corrected chi connectivity index (χ1v) is 6.13. The van der Waals surface area contributed by atoms with Crippen molar-refractivity contribution in [1.82, 2.24) is 5.32 Å². The highest BCUT2D eigenvalue weighted by molar-refractivity contribution is 9.08. The summed E-state index contributed by atoms with van der Waals surface area (Å²) in [5.41, 5.74) is 2.19. The van der Waals surface area contributed by atoms with Gasteiger partial charge in [0.2, 0.25) is 0 Å². The first-order valence-electron chi connectivity index (χ1n) is 5.01. The van der Waals surface area contributed by atoms with Crippen LogP contribution < -0.4 is 10.2 Å². The zero-order valence-electron chi connectivity index (χ0n) is 8.37. The van der Waals surface area contributed by atoms with Crippen molar-refractivity contribution < 1.29 is 4.79 Å². The summed E-state index contributed by atoms with van der Waals surface area (Å²) >= 11 is 3.40. The molecule has 1 aliphatic rings. The lowest BCUT2D eigenvalue weighted by Gasteiger charge is -2.27. The quantitative estimate of drug-likeness (QED) is 0.822. The van der Waals surface area contributed by atoms with Gasteiger partial charge in [0.1, 0.15) is 0 Å². The number of hydrogen-bond donors (Lipinski definition) is 1. The van der Waals surface area contributed by atoms with Crippen LogP contribution in [0.2, 0.25) is 0 Å². The highest BCUT2D eigenvalue weighted by atomic mass is 79.9. The summed E-state index contributed by atoms with van der Waals surface area (Å²) in [6.07, 6.45) is 1.01. The molecule has 1 heterocycles. The average molecular weight is 269 g/mol. The maximum atomic E-state index is 11.6. The van der Waals surface area contributed by atoms with Crippen molar-refractivity contribution in [3.05, 3.63) is 29.8 Å². The maximum absolute atomic E-state index is 11.6. The van der Waals surface area contributed by atoms with Crippen molar-refractivity contribution in [3.8, 4) is 0 Å². The number of amides is 2. The van der Waals surface area contributed by atoms with Crippen LogP contribution in [0.5, 0.6) is 0 Å². The number of carbonyl (C=O) groups is 1. The normalized spacial score (nSPS) is 16.3. The van der Waals surface area contributed by atoms with E-state index >= 15 is 0 Å². The molecule has 2 amide bonds. The fraction of sp³-hybridized carbons (Fsp3) is 0.364. The van der Waals surface area contributed by atoms with Crippen molar-refractivity contribution in [1.29, 1.82) is 0 Å². The van der Waals surface area contributed by atoms with Gasteiger partial charge in [-0.2, -0.15) is 0 Å². The van der Waals surface area contributed by atoms with Crippen LogP contribution >= 0.6 is 15.9 Å². The van der Waals surface area contributed by atoms with Crippen molar-refractivity contribution in [3.63, 3.8) is 0 Å². The molecule has 1 N–H and O–H groups in total. The number of halogens is 1. The number of urea groups is 1. The average Bonchev–Trinajstić information content (AvgIpc) is 2.30. The van der Waals surface area contributed by atoms with Gasteiger partial charge in [0.05, 0.1) is 0 Å². The van der Waals surface area contributed by atoms with Crippen LogP contribution in [0.1, 0.15) is 12.0 Å². The summed E-state index contributed by atoms with van der Waals surface area (Å²) in [5.74, 6) is 0. The predicted molar refractivity (Wildman–Crippen MR) is 64.4 cm³/mol. The van der Waals surface area contributed by atoms with Crippen LogP contribution in [0.25, 0.3) is 0 Å². The zero-order chi connectivity index (χ0) is 10.7. The molecule has 0 unspecified atom stereocenters. The first-order chi connectivity index (χ1) is 7.31. The zero-order valence-corrected chi connectivity index (χ0v) is 9.96. The molecular weight excluding hydrogens is 256 g/mol. The molecule has 0 saturated carbocycles. The van der Waals surface area contributed by atoms with Gasteiger partial charge in [-0.15, -0.1) is 0 Å². The van der Waals surface area contributed by atoms with Gasteiger partial charge in [0, 0.05) is 24.1 Å². The van der Waals surface area contributed by atoms with Gasteiger partial charge in [-0.05, 0) is 24.1 Å². The Labute approximate surface area is 97.6 Å². The minimum atomic E-state index is 0.00726. The molecule has 0 radical (unpaired) electrons. The van der Waals surface area contributed by atoms with Gasteiger partial charge >= 0.3 is 6.03 Å². The summed E-state index contributed by atoms with van der Waals surface area (Å²) in [4.78, 5) is 13.3. The van der Waals surface area contributed by atoms with E-state index in [9.17, 15) is 4.79 Å². The van der Waals surface area contributed by atoms with Gasteiger partial charge < -0.3 is 5.32 Å². The summed E-state index contributed by atoms with van der Waals surface area (Å²) in [6.45, 7) is 1.59. The van der Waals surface area contributed by atoms with Crippen molar-refractivity contribution in [2.24, 2.45) is 0 Å². The summed E-state index contributed by atoms with van der Waals surface area (Å²) in [6, 6.07) is 8.05. The number of alkyl halides is 1. The van der Waals surface area contributed by atoms with Crippen LogP contribution in [0.3, 0.4) is 0 Å². The van der Waals surface area contributed by atoms with Crippen molar-refractivity contribution >= 4 is 27.6 Å². The SMILES string of the molecule is O=C1NCCCN1c1ccc(CBr)cc1. The van der Waals surface area contributed by atoms with E-state index in [0.29, 0.717) is 0 Å². The Hall–Kier alpha value is -1.03. The molecular formula is C11H13BrN2O. The third-order valence-corrected chi connectivity index (χ3v) is 3.13. The molecule has 1 aromatic rings. The summed E-state index contributed by atoms with van der Waals surface area (Å²) < 4.78 is 0. The third-order valence-electron chi connectivity index (χ3n) is 2.48. The molecule has 0 aromatic heterocycles. The molecule has 1 aliphatic heterocycles. The molecule has 2 rings (SSSR count). The van der Waals surface area contributed by atoms with Crippen LogP contribution in [0, 0.1) is 0 Å². The second kappa shape index (κ2) is 4.66. The fourth-order valence-electron chi connectivity index (χ4n) is 1.64. The molecule has 0 bridgehead atoms. The minimum Gasteiger partial charge on any atom is -0.338 e. The van der Waals surface area contributed by atoms with Crippen LogP contribution in [-0.2, 0) is 5.33 Å². The Morgan fingerprint density at radius 2 is 2.07 bits per heavy atom. The minimum absolute atomic E-state index is 0.00726. The number of carbonyl (C=O) groups excluding carboxylic acids is 1. The number of hydrogen-bond acceptors (Lipinski definition) is 1. The second-order valence-electron chi connectivity index (χ2n) is 3.54. The van der Waals surface area contributed by atoms with E-state index in [-0.39, 0.29) is 6.03 Å². The van der Waals surface area contributed by atoms with Gasteiger partial charge in [0.15, 0.2) is 0 Å². The molecule has 0 aliphatic carbocycles. The Bertz CT molecular complexity index is 350. The molecule has 1 aromatic carbocycles. The summed E-state index contributed by atoms with van der Waals surface area (Å²) in [5, 5.41) is 3.68. The number of nitrogens with zero attached hydrogens (tertiary/aromatic N) is 1. The molecule has 0 spiro atoms. The lowest BCUT2D eigenvalue weighted by Crippen LogP contribution is -2.46. The van der Waals surface area contributed by atoms with E-state index in [1.54, 1.807) is 4.90 Å². The number of benzene rings is 1. The summed E-state index contributed by atoms with van der Waals surface area (Å²) in [7, 11) is 0. The van der Waals surface area contributed by atoms with E-state index in [2.05, 4.69) is 21.2 Å². The molecule has 80 valence electrons. The lowest BCUT2D eigenvalue weighted by atomic mass is 10.2. The Morgan fingerprint density at radius 1 is 1.33 bits per heavy atom. The second-order valence-corrected chi connectivity index (χ2v) is 4.10. The van der Waals surface area contributed by atoms with Crippen molar-refractivity contribution in [2.45, 2.75) is 11.8 Å². The van der Waals surface area contributed by atoms with E-state index < -0.39 is 0 Å².